The van der Waals surface area contributed by atoms with Crippen LogP contribution in [0.1, 0.15) is 24.1 Å². The van der Waals surface area contributed by atoms with Gasteiger partial charge in [-0.05, 0) is 49.6 Å². The molecule has 4 aromatic rings. The lowest BCUT2D eigenvalue weighted by Gasteiger charge is -2.16. The summed E-state index contributed by atoms with van der Waals surface area (Å²) in [5, 5.41) is 1.61. The number of pyridine rings is 1. The quantitative estimate of drug-likeness (QED) is 0.327. The molecule has 0 spiro atoms. The zero-order chi connectivity index (χ0) is 22.2. The summed E-state index contributed by atoms with van der Waals surface area (Å²) in [6, 6.07) is 10.4. The van der Waals surface area contributed by atoms with Gasteiger partial charge in [-0.25, -0.2) is 9.97 Å². The second-order valence-corrected chi connectivity index (χ2v) is 9.29. The van der Waals surface area contributed by atoms with Crippen molar-refractivity contribution in [3.05, 3.63) is 79.6 Å². The topological polar surface area (TPSA) is 78.5 Å². The van der Waals surface area contributed by atoms with Gasteiger partial charge < -0.3 is 4.74 Å². The van der Waals surface area contributed by atoms with Gasteiger partial charge in [0, 0.05) is 29.6 Å². The molecule has 32 heavy (non-hydrogen) atoms. The van der Waals surface area contributed by atoms with Gasteiger partial charge in [-0.1, -0.05) is 29.4 Å². The SMILES string of the molecule is Cc1ccc2nc(CSc3nc4cc(Cl)ccc4c(=O)n3C[C@@H]3CCCO3)cc(=O)n2c1. The van der Waals surface area contributed by atoms with Crippen molar-refractivity contribution >= 4 is 39.9 Å². The van der Waals surface area contributed by atoms with E-state index in [9.17, 15) is 9.59 Å². The fraction of sp³-hybridized carbons (Fsp3) is 0.304. The van der Waals surface area contributed by atoms with Gasteiger partial charge in [-0.15, -0.1) is 0 Å². The van der Waals surface area contributed by atoms with Crippen LogP contribution in [0.4, 0.5) is 0 Å². The summed E-state index contributed by atoms with van der Waals surface area (Å²) < 4.78 is 8.97. The summed E-state index contributed by atoms with van der Waals surface area (Å²) in [7, 11) is 0. The first-order valence-electron chi connectivity index (χ1n) is 10.4. The summed E-state index contributed by atoms with van der Waals surface area (Å²) >= 11 is 7.52. The predicted octanol–water partition coefficient (Wildman–Crippen LogP) is 3.84. The number of fused-ring (bicyclic) bond motifs is 2. The average Bonchev–Trinajstić information content (AvgIpc) is 3.28. The highest BCUT2D eigenvalue weighted by Crippen LogP contribution is 2.24. The van der Waals surface area contributed by atoms with Crippen molar-refractivity contribution in [1.29, 1.82) is 0 Å². The molecule has 1 aromatic carbocycles. The summed E-state index contributed by atoms with van der Waals surface area (Å²) in [4.78, 5) is 35.1. The van der Waals surface area contributed by atoms with Gasteiger partial charge in [0.05, 0.1) is 29.2 Å². The van der Waals surface area contributed by atoms with E-state index in [1.165, 1.54) is 22.2 Å². The van der Waals surface area contributed by atoms with E-state index in [1.807, 2.05) is 19.1 Å². The Kier molecular flexibility index (Phi) is 5.75. The first kappa shape index (κ1) is 21.2. The number of ether oxygens (including phenoxy) is 1. The maximum atomic E-state index is 13.3. The molecule has 0 amide bonds. The Morgan fingerprint density at radius 3 is 2.88 bits per heavy atom. The van der Waals surface area contributed by atoms with Crippen molar-refractivity contribution in [2.75, 3.05) is 6.61 Å². The summed E-state index contributed by atoms with van der Waals surface area (Å²) in [5.74, 6) is 0.406. The molecule has 1 saturated heterocycles. The fourth-order valence-electron chi connectivity index (χ4n) is 3.91. The lowest BCUT2D eigenvalue weighted by atomic mass is 10.2. The lowest BCUT2D eigenvalue weighted by molar-refractivity contribution is 0.0937. The summed E-state index contributed by atoms with van der Waals surface area (Å²) in [5.41, 5.74) is 2.51. The number of rotatable bonds is 5. The van der Waals surface area contributed by atoms with E-state index >= 15 is 0 Å². The molecule has 5 rings (SSSR count). The highest BCUT2D eigenvalue weighted by molar-refractivity contribution is 7.98. The van der Waals surface area contributed by atoms with Crippen LogP contribution in [0.25, 0.3) is 16.6 Å². The van der Waals surface area contributed by atoms with E-state index in [0.29, 0.717) is 51.3 Å². The van der Waals surface area contributed by atoms with Crippen molar-refractivity contribution in [2.24, 2.45) is 0 Å². The molecule has 9 heteroatoms. The van der Waals surface area contributed by atoms with Crippen molar-refractivity contribution < 1.29 is 4.74 Å². The Labute approximate surface area is 193 Å². The third kappa shape index (κ3) is 4.18. The molecule has 1 aliphatic heterocycles. The van der Waals surface area contributed by atoms with E-state index in [1.54, 1.807) is 29.0 Å². The molecule has 1 fully saturated rings. The normalized spacial score (nSPS) is 16.2. The van der Waals surface area contributed by atoms with Crippen LogP contribution < -0.4 is 11.1 Å². The number of hydrogen-bond donors (Lipinski definition) is 0. The average molecular weight is 469 g/mol. The molecule has 0 aliphatic carbocycles. The monoisotopic (exact) mass is 468 g/mol. The number of nitrogens with zero attached hydrogens (tertiary/aromatic N) is 4. The smallest absolute Gasteiger partial charge is 0.262 e. The van der Waals surface area contributed by atoms with E-state index in [4.69, 9.17) is 21.3 Å². The van der Waals surface area contributed by atoms with Crippen molar-refractivity contribution in [1.82, 2.24) is 18.9 Å². The molecular formula is C23H21ClN4O3S. The minimum Gasteiger partial charge on any atom is -0.376 e. The van der Waals surface area contributed by atoms with E-state index < -0.39 is 0 Å². The maximum Gasteiger partial charge on any atom is 0.262 e. The summed E-state index contributed by atoms with van der Waals surface area (Å²) in [6.45, 7) is 3.09. The Morgan fingerprint density at radius 2 is 2.06 bits per heavy atom. The van der Waals surface area contributed by atoms with Crippen LogP contribution in [-0.2, 0) is 17.0 Å². The first-order valence-corrected chi connectivity index (χ1v) is 11.8. The van der Waals surface area contributed by atoms with E-state index in [2.05, 4.69) is 4.98 Å². The molecule has 7 nitrogen and oxygen atoms in total. The molecule has 4 heterocycles. The molecule has 164 valence electrons. The van der Waals surface area contributed by atoms with Crippen molar-refractivity contribution in [3.8, 4) is 0 Å². The van der Waals surface area contributed by atoms with Gasteiger partial charge in [-0.3, -0.25) is 18.6 Å². The molecule has 1 atom stereocenters. The number of thioether (sulfide) groups is 1. The first-order chi connectivity index (χ1) is 15.5. The standard InChI is InChI=1S/C23H21ClN4O3S/c1-14-4-7-20-25-16(10-21(29)27(20)11-14)13-32-23-26-19-9-15(24)5-6-18(19)22(30)28(23)12-17-3-2-8-31-17/h4-7,9-11,17H,2-3,8,12-13H2,1H3/t17-/m0/s1. The maximum absolute atomic E-state index is 13.3. The second-order valence-electron chi connectivity index (χ2n) is 7.92. The minimum absolute atomic E-state index is 0.00900. The van der Waals surface area contributed by atoms with Crippen LogP contribution in [0.2, 0.25) is 5.02 Å². The van der Waals surface area contributed by atoms with Gasteiger partial charge in [0.25, 0.3) is 11.1 Å². The third-order valence-corrected chi connectivity index (χ3v) is 6.75. The zero-order valence-electron chi connectivity index (χ0n) is 17.5. The van der Waals surface area contributed by atoms with Gasteiger partial charge in [0.2, 0.25) is 0 Å². The number of aryl methyl sites for hydroxylation is 1. The lowest BCUT2D eigenvalue weighted by Crippen LogP contribution is -2.28. The third-order valence-electron chi connectivity index (χ3n) is 5.50. The minimum atomic E-state index is -0.135. The van der Waals surface area contributed by atoms with E-state index in [-0.39, 0.29) is 17.2 Å². The van der Waals surface area contributed by atoms with Gasteiger partial charge in [0.15, 0.2) is 5.16 Å². The van der Waals surface area contributed by atoms with Crippen LogP contribution in [-0.4, -0.2) is 31.6 Å². The number of hydrogen-bond acceptors (Lipinski definition) is 6. The van der Waals surface area contributed by atoms with Gasteiger partial charge >= 0.3 is 0 Å². The van der Waals surface area contributed by atoms with Crippen LogP contribution in [0.5, 0.6) is 0 Å². The predicted molar refractivity (Wildman–Crippen MR) is 126 cm³/mol. The highest BCUT2D eigenvalue weighted by Gasteiger charge is 2.20. The molecule has 0 N–H and O–H groups in total. The Morgan fingerprint density at radius 1 is 1.19 bits per heavy atom. The molecule has 1 aliphatic rings. The zero-order valence-corrected chi connectivity index (χ0v) is 19.0. The number of halogens is 1. The number of benzene rings is 1. The van der Waals surface area contributed by atoms with Crippen LogP contribution in [0.15, 0.2) is 57.3 Å². The summed E-state index contributed by atoms with van der Waals surface area (Å²) in [6.07, 6.45) is 3.67. The Bertz CT molecular complexity index is 1440. The van der Waals surface area contributed by atoms with Crippen LogP contribution in [0, 0.1) is 6.92 Å². The highest BCUT2D eigenvalue weighted by atomic mass is 35.5. The molecule has 0 bridgehead atoms. The van der Waals surface area contributed by atoms with Crippen molar-refractivity contribution in [3.63, 3.8) is 0 Å². The van der Waals surface area contributed by atoms with Gasteiger partial charge in [-0.2, -0.15) is 0 Å². The van der Waals surface area contributed by atoms with Crippen molar-refractivity contribution in [2.45, 2.75) is 43.3 Å². The largest absolute Gasteiger partial charge is 0.376 e. The van der Waals surface area contributed by atoms with Crippen LogP contribution >= 0.6 is 23.4 Å². The molecule has 0 unspecified atom stereocenters. The van der Waals surface area contributed by atoms with E-state index in [0.717, 1.165) is 18.4 Å². The Hall–Kier alpha value is -2.68. The molecular weight excluding hydrogens is 448 g/mol. The molecule has 3 aromatic heterocycles. The molecule has 0 radical (unpaired) electrons. The second kappa shape index (κ2) is 8.69. The Balaban J connectivity index is 1.52. The molecule has 0 saturated carbocycles. The fourth-order valence-corrected chi connectivity index (χ4v) is 4.98. The van der Waals surface area contributed by atoms with Gasteiger partial charge in [0.1, 0.15) is 5.65 Å². The number of aromatic nitrogens is 4. The van der Waals surface area contributed by atoms with Crippen LogP contribution in [0.3, 0.4) is 0 Å².